The Balaban J connectivity index is 3.29. The number of carbonyl (C=O) groups is 1. The number of Topliss-reactive ketones (excluding diaryl/α,β-unsaturated/α-hetero) is 1. The maximum absolute atomic E-state index is 13.0. The van der Waals surface area contributed by atoms with Crippen LogP contribution in [0.1, 0.15) is 10.4 Å². The molecule has 0 bridgehead atoms. The van der Waals surface area contributed by atoms with Crippen LogP contribution in [0, 0.1) is 5.82 Å². The highest BCUT2D eigenvalue weighted by molar-refractivity contribution is 6.31. The molecule has 1 rings (SSSR count). The lowest BCUT2D eigenvalue weighted by Crippen LogP contribution is -2.07. The van der Waals surface area contributed by atoms with Crippen LogP contribution in [0.15, 0.2) is 12.1 Å². The van der Waals surface area contributed by atoms with Crippen molar-refractivity contribution < 1.29 is 13.9 Å². The lowest BCUT2D eigenvalue weighted by Gasteiger charge is -2.08. The van der Waals surface area contributed by atoms with Crippen LogP contribution in [0.3, 0.4) is 0 Å². The lowest BCUT2D eigenvalue weighted by molar-refractivity contribution is 0.102. The van der Waals surface area contributed by atoms with Crippen molar-refractivity contribution in [2.75, 3.05) is 18.7 Å². The number of ketones is 1. The maximum Gasteiger partial charge on any atom is 0.179 e. The van der Waals surface area contributed by atoms with Gasteiger partial charge >= 0.3 is 0 Å². The van der Waals surface area contributed by atoms with Crippen LogP contribution in [0.4, 0.5) is 10.1 Å². The molecule has 3 nitrogen and oxygen atoms in total. The molecule has 0 spiro atoms. The summed E-state index contributed by atoms with van der Waals surface area (Å²) in [5.74, 6) is -1.11. The Hall–Kier alpha value is -1.29. The molecular weight excluding hydrogens is 209 g/mol. The van der Waals surface area contributed by atoms with Crippen LogP contribution in [-0.4, -0.2) is 18.8 Å². The molecule has 0 fully saturated rings. The molecule has 0 amide bonds. The Bertz CT molecular complexity index is 368. The molecule has 14 heavy (non-hydrogen) atoms. The van der Waals surface area contributed by atoms with Gasteiger partial charge in [-0.05, 0) is 6.07 Å². The van der Waals surface area contributed by atoms with E-state index < -0.39 is 11.6 Å². The average molecular weight is 218 g/mol. The van der Waals surface area contributed by atoms with Crippen LogP contribution >= 0.6 is 11.6 Å². The molecule has 0 unspecified atom stereocenters. The van der Waals surface area contributed by atoms with Crippen LogP contribution in [-0.2, 0) is 0 Å². The molecule has 0 aliphatic carbocycles. The summed E-state index contributed by atoms with van der Waals surface area (Å²) in [5, 5.41) is 0. The molecule has 5 heteroatoms. The van der Waals surface area contributed by atoms with Gasteiger partial charge in [0.1, 0.15) is 11.6 Å². The number of benzene rings is 1. The van der Waals surface area contributed by atoms with Gasteiger partial charge in [0.15, 0.2) is 5.78 Å². The van der Waals surface area contributed by atoms with Gasteiger partial charge in [-0.2, -0.15) is 0 Å². The number of alkyl halides is 1. The zero-order valence-corrected chi connectivity index (χ0v) is 8.27. The lowest BCUT2D eigenvalue weighted by atomic mass is 10.1. The van der Waals surface area contributed by atoms with Crippen LogP contribution in [0.25, 0.3) is 0 Å². The minimum Gasteiger partial charge on any atom is -0.494 e. The van der Waals surface area contributed by atoms with Crippen LogP contribution in [0.5, 0.6) is 5.75 Å². The van der Waals surface area contributed by atoms with Gasteiger partial charge in [-0.15, -0.1) is 11.6 Å². The Morgan fingerprint density at radius 2 is 2.29 bits per heavy atom. The van der Waals surface area contributed by atoms with Crippen molar-refractivity contribution in [3.63, 3.8) is 0 Å². The average Bonchev–Trinajstić information content (AvgIpc) is 2.19. The van der Waals surface area contributed by atoms with Gasteiger partial charge in [0.25, 0.3) is 0 Å². The van der Waals surface area contributed by atoms with E-state index in [0.29, 0.717) is 0 Å². The SMILES string of the molecule is COc1cc(F)cc(C(=O)CCl)c1N. The molecule has 0 aromatic heterocycles. The number of halogens is 2. The van der Waals surface area contributed by atoms with E-state index in [0.717, 1.165) is 12.1 Å². The zero-order valence-electron chi connectivity index (χ0n) is 7.51. The topological polar surface area (TPSA) is 52.3 Å². The fourth-order valence-corrected chi connectivity index (χ4v) is 1.21. The predicted octanol–water partition coefficient (Wildman–Crippen LogP) is 1.84. The summed E-state index contributed by atoms with van der Waals surface area (Å²) in [5.41, 5.74) is 5.73. The molecule has 0 aliphatic heterocycles. The molecule has 2 N–H and O–H groups in total. The van der Waals surface area contributed by atoms with Gasteiger partial charge in [-0.3, -0.25) is 4.79 Å². The van der Waals surface area contributed by atoms with E-state index in [1.165, 1.54) is 7.11 Å². The molecule has 1 aromatic rings. The highest BCUT2D eigenvalue weighted by atomic mass is 35.5. The fourth-order valence-electron chi connectivity index (χ4n) is 1.06. The van der Waals surface area contributed by atoms with Crippen molar-refractivity contribution >= 4 is 23.1 Å². The van der Waals surface area contributed by atoms with Gasteiger partial charge in [0, 0.05) is 11.6 Å². The molecule has 76 valence electrons. The fraction of sp³-hybridized carbons (Fsp3) is 0.222. The van der Waals surface area contributed by atoms with E-state index in [9.17, 15) is 9.18 Å². The molecule has 0 saturated carbocycles. The van der Waals surface area contributed by atoms with E-state index >= 15 is 0 Å². The van der Waals surface area contributed by atoms with Crippen molar-refractivity contribution in [3.05, 3.63) is 23.5 Å². The number of ether oxygens (including phenoxy) is 1. The molecule has 0 aliphatic rings. The van der Waals surface area contributed by atoms with Crippen molar-refractivity contribution in [3.8, 4) is 5.75 Å². The third-order valence-electron chi connectivity index (χ3n) is 1.75. The Kier molecular flexibility index (Phi) is 3.30. The van der Waals surface area contributed by atoms with E-state index in [2.05, 4.69) is 0 Å². The minimum absolute atomic E-state index is 0.0526. The third kappa shape index (κ3) is 1.96. The number of carbonyl (C=O) groups excluding carboxylic acids is 1. The van der Waals surface area contributed by atoms with Gasteiger partial charge in [-0.1, -0.05) is 0 Å². The maximum atomic E-state index is 13.0. The molecule has 0 atom stereocenters. The standard InChI is InChI=1S/C9H9ClFNO2/c1-14-8-3-5(11)2-6(9(8)12)7(13)4-10/h2-3H,4,12H2,1H3. The van der Waals surface area contributed by atoms with Crippen LogP contribution < -0.4 is 10.5 Å². The minimum atomic E-state index is -0.579. The molecule has 0 radical (unpaired) electrons. The molecule has 1 aromatic carbocycles. The first-order valence-corrected chi connectivity index (χ1v) is 4.35. The van der Waals surface area contributed by atoms with Crippen LogP contribution in [0.2, 0.25) is 0 Å². The van der Waals surface area contributed by atoms with Gasteiger partial charge in [-0.25, -0.2) is 4.39 Å². The summed E-state index contributed by atoms with van der Waals surface area (Å²) in [6.45, 7) is 0. The first kappa shape index (κ1) is 10.8. The van der Waals surface area contributed by atoms with E-state index in [-0.39, 0.29) is 22.9 Å². The third-order valence-corrected chi connectivity index (χ3v) is 1.99. The quantitative estimate of drug-likeness (QED) is 0.478. The molecule has 0 saturated heterocycles. The van der Waals surface area contributed by atoms with E-state index in [1.54, 1.807) is 0 Å². The Morgan fingerprint density at radius 3 is 2.79 bits per heavy atom. The predicted molar refractivity (Wildman–Crippen MR) is 52.4 cm³/mol. The second-order valence-corrected chi connectivity index (χ2v) is 2.89. The van der Waals surface area contributed by atoms with E-state index in [1.807, 2.05) is 0 Å². The van der Waals surface area contributed by atoms with E-state index in [4.69, 9.17) is 22.1 Å². The smallest absolute Gasteiger partial charge is 0.179 e. The summed E-state index contributed by atoms with van der Waals surface area (Å²) in [6, 6.07) is 2.16. The van der Waals surface area contributed by atoms with Gasteiger partial charge < -0.3 is 10.5 Å². The Morgan fingerprint density at radius 1 is 1.64 bits per heavy atom. The largest absolute Gasteiger partial charge is 0.494 e. The summed E-state index contributed by atoms with van der Waals surface area (Å²) in [4.78, 5) is 11.2. The summed E-state index contributed by atoms with van der Waals surface area (Å²) < 4.78 is 17.8. The van der Waals surface area contributed by atoms with Crippen molar-refractivity contribution in [2.45, 2.75) is 0 Å². The number of methoxy groups -OCH3 is 1. The second-order valence-electron chi connectivity index (χ2n) is 2.63. The normalized spacial score (nSPS) is 9.93. The Labute approximate surface area is 85.6 Å². The number of rotatable bonds is 3. The number of hydrogen-bond donors (Lipinski definition) is 1. The summed E-state index contributed by atoms with van der Waals surface area (Å²) in [6.07, 6.45) is 0. The first-order valence-electron chi connectivity index (χ1n) is 3.82. The van der Waals surface area contributed by atoms with Crippen molar-refractivity contribution in [1.29, 1.82) is 0 Å². The zero-order chi connectivity index (χ0) is 10.7. The van der Waals surface area contributed by atoms with Gasteiger partial charge in [0.2, 0.25) is 0 Å². The molecular formula is C9H9ClFNO2. The monoisotopic (exact) mass is 217 g/mol. The highest BCUT2D eigenvalue weighted by Gasteiger charge is 2.14. The molecule has 0 heterocycles. The summed E-state index contributed by atoms with van der Waals surface area (Å²) >= 11 is 5.34. The highest BCUT2D eigenvalue weighted by Crippen LogP contribution is 2.27. The van der Waals surface area contributed by atoms with Gasteiger partial charge in [0.05, 0.1) is 18.7 Å². The number of anilines is 1. The van der Waals surface area contributed by atoms with Crippen molar-refractivity contribution in [2.24, 2.45) is 0 Å². The summed E-state index contributed by atoms with van der Waals surface area (Å²) in [7, 11) is 1.35. The number of nitrogen functional groups attached to an aromatic ring is 1. The van der Waals surface area contributed by atoms with Crippen molar-refractivity contribution in [1.82, 2.24) is 0 Å². The number of hydrogen-bond acceptors (Lipinski definition) is 3. The first-order chi connectivity index (χ1) is 6.60. The second kappa shape index (κ2) is 4.28. The number of nitrogens with two attached hydrogens (primary N) is 1.